The van der Waals surface area contributed by atoms with Crippen molar-refractivity contribution in [3.05, 3.63) is 138 Å². The van der Waals surface area contributed by atoms with E-state index in [1.807, 2.05) is 66.7 Å². The summed E-state index contributed by atoms with van der Waals surface area (Å²) >= 11 is 0. The summed E-state index contributed by atoms with van der Waals surface area (Å²) in [5.41, 5.74) is 2.68. The minimum atomic E-state index is -1.26. The van der Waals surface area contributed by atoms with Gasteiger partial charge in [-0.25, -0.2) is 4.79 Å². The first-order valence-corrected chi connectivity index (χ1v) is 9.99. The molecule has 0 heterocycles. The molecule has 0 atom stereocenters. The summed E-state index contributed by atoms with van der Waals surface area (Å²) in [5, 5.41) is 21.2. The molecule has 0 saturated carbocycles. The molecule has 0 aliphatic rings. The van der Waals surface area contributed by atoms with Crippen LogP contribution in [0.5, 0.6) is 0 Å². The van der Waals surface area contributed by atoms with Crippen LogP contribution in [0.3, 0.4) is 0 Å². The average Bonchev–Trinajstić information content (AvgIpc) is 2.84. The van der Waals surface area contributed by atoms with Gasteiger partial charge in [-0.3, -0.25) is 5.41 Å². The van der Waals surface area contributed by atoms with Crippen LogP contribution in [0.2, 0.25) is 0 Å². The maximum Gasteiger partial charge on any atom is 0.354 e. The summed E-state index contributed by atoms with van der Waals surface area (Å²) < 4.78 is 0. The number of hydrogen-bond acceptors (Lipinski definition) is 3. The predicted octanol–water partition coefficient (Wildman–Crippen LogP) is 5.54. The molecule has 0 aromatic heterocycles. The Hall–Kier alpha value is -4.18. The van der Waals surface area contributed by atoms with Gasteiger partial charge in [0, 0.05) is 11.3 Å². The van der Waals surface area contributed by atoms with Crippen molar-refractivity contribution in [1.82, 2.24) is 0 Å². The van der Waals surface area contributed by atoms with E-state index in [4.69, 9.17) is 5.41 Å². The smallest absolute Gasteiger partial charge is 0.354 e. The fourth-order valence-electron chi connectivity index (χ4n) is 3.91. The highest BCUT2D eigenvalue weighted by Gasteiger charge is 2.37. The Labute approximate surface area is 181 Å². The maximum absolute atomic E-state index is 11.6. The highest BCUT2D eigenvalue weighted by molar-refractivity contribution is 6.42. The molecular formula is C27H22N2O2. The Bertz CT molecular complexity index is 1090. The average molecular weight is 406 g/mol. The molecular weight excluding hydrogens is 384 g/mol. The molecule has 0 saturated heterocycles. The van der Waals surface area contributed by atoms with Gasteiger partial charge in [0.2, 0.25) is 0 Å². The van der Waals surface area contributed by atoms with Crippen LogP contribution in [0.15, 0.2) is 115 Å². The van der Waals surface area contributed by atoms with Crippen molar-refractivity contribution in [1.29, 1.82) is 5.41 Å². The molecule has 0 bridgehead atoms. The van der Waals surface area contributed by atoms with E-state index >= 15 is 0 Å². The van der Waals surface area contributed by atoms with Crippen LogP contribution >= 0.6 is 0 Å². The molecule has 4 aromatic rings. The molecule has 0 spiro atoms. The topological polar surface area (TPSA) is 73.2 Å². The Kier molecular flexibility index (Phi) is 5.63. The van der Waals surface area contributed by atoms with Gasteiger partial charge in [-0.15, -0.1) is 0 Å². The molecule has 0 unspecified atom stereocenters. The van der Waals surface area contributed by atoms with Gasteiger partial charge in [0.25, 0.3) is 0 Å². The van der Waals surface area contributed by atoms with Crippen molar-refractivity contribution in [2.75, 3.05) is 5.32 Å². The van der Waals surface area contributed by atoms with Gasteiger partial charge in [-0.05, 0) is 22.8 Å². The van der Waals surface area contributed by atoms with Gasteiger partial charge >= 0.3 is 5.97 Å². The van der Waals surface area contributed by atoms with Gasteiger partial charge in [-0.1, -0.05) is 109 Å². The van der Waals surface area contributed by atoms with E-state index in [1.165, 1.54) is 0 Å². The molecule has 31 heavy (non-hydrogen) atoms. The Morgan fingerprint density at radius 1 is 0.645 bits per heavy atom. The van der Waals surface area contributed by atoms with Crippen molar-refractivity contribution < 1.29 is 9.90 Å². The summed E-state index contributed by atoms with van der Waals surface area (Å²) in [6.45, 7) is 0. The Morgan fingerprint density at radius 2 is 1.03 bits per heavy atom. The number of para-hydroxylation sites is 1. The molecule has 0 aliphatic carbocycles. The molecule has 4 rings (SSSR count). The number of rotatable bonds is 7. The minimum Gasteiger partial charge on any atom is -0.477 e. The summed E-state index contributed by atoms with van der Waals surface area (Å²) in [7, 11) is 0. The number of benzene rings is 4. The molecule has 4 nitrogen and oxygen atoms in total. The molecule has 152 valence electrons. The van der Waals surface area contributed by atoms with E-state index in [0.29, 0.717) is 11.3 Å². The first-order chi connectivity index (χ1) is 15.1. The lowest BCUT2D eigenvalue weighted by atomic mass is 9.76. The summed E-state index contributed by atoms with van der Waals surface area (Å²) in [4.78, 5) is 11.6. The second-order valence-corrected chi connectivity index (χ2v) is 7.20. The molecule has 0 amide bonds. The summed E-state index contributed by atoms with van der Waals surface area (Å²) in [5.74, 6) is -1.26. The molecule has 0 fully saturated rings. The van der Waals surface area contributed by atoms with E-state index in [9.17, 15) is 9.90 Å². The third kappa shape index (κ3) is 3.83. The van der Waals surface area contributed by atoms with Crippen molar-refractivity contribution in [2.24, 2.45) is 0 Å². The van der Waals surface area contributed by atoms with Crippen molar-refractivity contribution in [2.45, 2.75) is 5.54 Å². The molecule has 3 N–H and O–H groups in total. The van der Waals surface area contributed by atoms with Crippen LogP contribution in [0, 0.1) is 5.41 Å². The molecule has 4 heteroatoms. The molecule has 0 aliphatic heterocycles. The monoisotopic (exact) mass is 406 g/mol. The fraction of sp³-hybridized carbons (Fsp3) is 0.0370. The number of carboxylic acids is 1. The van der Waals surface area contributed by atoms with E-state index in [-0.39, 0.29) is 0 Å². The van der Waals surface area contributed by atoms with Crippen LogP contribution in [0.25, 0.3) is 0 Å². The van der Waals surface area contributed by atoms with Gasteiger partial charge in [0.1, 0.15) is 11.3 Å². The third-order valence-corrected chi connectivity index (χ3v) is 5.35. The van der Waals surface area contributed by atoms with Crippen LogP contribution in [-0.4, -0.2) is 16.8 Å². The van der Waals surface area contributed by atoms with Crippen LogP contribution in [0.4, 0.5) is 5.69 Å². The van der Waals surface area contributed by atoms with Gasteiger partial charge < -0.3 is 10.4 Å². The zero-order valence-corrected chi connectivity index (χ0v) is 16.8. The summed E-state index contributed by atoms with van der Waals surface area (Å²) in [6, 6.07) is 37.2. The summed E-state index contributed by atoms with van der Waals surface area (Å²) in [6.07, 6.45) is 0. The van der Waals surface area contributed by atoms with E-state index in [1.54, 1.807) is 12.1 Å². The number of aliphatic carboxylic acids is 1. The van der Waals surface area contributed by atoms with E-state index < -0.39 is 17.2 Å². The zero-order chi connectivity index (χ0) is 21.7. The molecule has 4 aromatic carbocycles. The van der Waals surface area contributed by atoms with Gasteiger partial charge in [0.05, 0.1) is 0 Å². The number of hydrogen-bond donors (Lipinski definition) is 3. The normalized spacial score (nSPS) is 11.0. The lowest BCUT2D eigenvalue weighted by Crippen LogP contribution is -2.38. The van der Waals surface area contributed by atoms with Crippen LogP contribution in [-0.2, 0) is 10.3 Å². The SMILES string of the molecule is N=C(C(=O)O)c1ccccc1NC(c1ccccc1)(c1ccccc1)c1ccccc1. The number of nitrogens with one attached hydrogen (secondary N) is 2. The lowest BCUT2D eigenvalue weighted by molar-refractivity contribution is -0.129. The lowest BCUT2D eigenvalue weighted by Gasteiger charge is -2.38. The van der Waals surface area contributed by atoms with E-state index in [0.717, 1.165) is 16.7 Å². The standard InChI is InChI=1S/C27H22N2O2/c28-25(26(30)31)23-18-10-11-19-24(23)29-27(20-12-4-1-5-13-20,21-14-6-2-7-15-21)22-16-8-3-9-17-22/h1-19,28-29H,(H,30,31). The van der Waals surface area contributed by atoms with Crippen LogP contribution < -0.4 is 5.32 Å². The highest BCUT2D eigenvalue weighted by Crippen LogP contribution is 2.40. The molecule has 0 radical (unpaired) electrons. The Morgan fingerprint density at radius 3 is 1.45 bits per heavy atom. The highest BCUT2D eigenvalue weighted by atomic mass is 16.4. The minimum absolute atomic E-state index is 0.335. The van der Waals surface area contributed by atoms with Crippen molar-refractivity contribution >= 4 is 17.4 Å². The quantitative estimate of drug-likeness (QED) is 0.279. The first-order valence-electron chi connectivity index (χ1n) is 9.99. The third-order valence-electron chi connectivity index (χ3n) is 5.35. The van der Waals surface area contributed by atoms with Gasteiger partial charge in [0.15, 0.2) is 0 Å². The zero-order valence-electron chi connectivity index (χ0n) is 16.8. The Balaban J connectivity index is 2.01. The fourth-order valence-corrected chi connectivity index (χ4v) is 3.91. The van der Waals surface area contributed by atoms with Gasteiger partial charge in [-0.2, -0.15) is 0 Å². The number of carbonyl (C=O) groups is 1. The van der Waals surface area contributed by atoms with Crippen LogP contribution in [0.1, 0.15) is 22.3 Å². The van der Waals surface area contributed by atoms with Crippen molar-refractivity contribution in [3.8, 4) is 0 Å². The van der Waals surface area contributed by atoms with E-state index in [2.05, 4.69) is 41.7 Å². The predicted molar refractivity (Wildman–Crippen MR) is 124 cm³/mol. The number of carboxylic acid groups (broad SMARTS) is 1. The second kappa shape index (κ2) is 8.67. The second-order valence-electron chi connectivity index (χ2n) is 7.20. The maximum atomic E-state index is 11.6. The first kappa shape index (κ1) is 20.1. The number of anilines is 1. The largest absolute Gasteiger partial charge is 0.477 e. The van der Waals surface area contributed by atoms with Crippen molar-refractivity contribution in [3.63, 3.8) is 0 Å².